The second kappa shape index (κ2) is 7.40. The van der Waals surface area contributed by atoms with Gasteiger partial charge in [0, 0.05) is 44.9 Å². The number of aromatic nitrogens is 2. The van der Waals surface area contributed by atoms with Gasteiger partial charge in [0.15, 0.2) is 0 Å². The Balaban J connectivity index is 1.66. The van der Waals surface area contributed by atoms with E-state index in [0.717, 1.165) is 39.3 Å². The van der Waals surface area contributed by atoms with E-state index >= 15 is 0 Å². The topological polar surface area (TPSA) is 61.5 Å². The first-order valence-electron chi connectivity index (χ1n) is 7.78. The number of rotatable bonds is 5. The summed E-state index contributed by atoms with van der Waals surface area (Å²) < 4.78 is 5.12. The monoisotopic (exact) mass is 336 g/mol. The molecule has 6 nitrogen and oxygen atoms in total. The van der Waals surface area contributed by atoms with Gasteiger partial charge in [0.2, 0.25) is 0 Å². The minimum atomic E-state index is -0.133. The van der Waals surface area contributed by atoms with E-state index in [0.29, 0.717) is 28.3 Å². The molecule has 1 aliphatic heterocycles. The van der Waals surface area contributed by atoms with Crippen LogP contribution in [0.1, 0.15) is 5.82 Å². The molecule has 2 heterocycles. The molecule has 3 rings (SSSR count). The fourth-order valence-corrected chi connectivity index (χ4v) is 3.01. The van der Waals surface area contributed by atoms with Gasteiger partial charge in [0.05, 0.1) is 24.1 Å². The number of aromatic amines is 1. The van der Waals surface area contributed by atoms with Gasteiger partial charge in [0.1, 0.15) is 5.82 Å². The molecule has 1 aliphatic rings. The average Bonchev–Trinajstić information content (AvgIpc) is 2.55. The molecule has 1 N–H and O–H groups in total. The summed E-state index contributed by atoms with van der Waals surface area (Å²) in [6.07, 6.45) is 0. The number of H-pyrrole nitrogens is 1. The molecule has 0 spiro atoms. The van der Waals surface area contributed by atoms with Gasteiger partial charge < -0.3 is 9.72 Å². The van der Waals surface area contributed by atoms with E-state index in [2.05, 4.69) is 19.8 Å². The van der Waals surface area contributed by atoms with Crippen LogP contribution in [0.3, 0.4) is 0 Å². The molecule has 7 heteroatoms. The van der Waals surface area contributed by atoms with Crippen LogP contribution in [-0.2, 0) is 11.3 Å². The van der Waals surface area contributed by atoms with Crippen molar-refractivity contribution in [3.8, 4) is 0 Å². The van der Waals surface area contributed by atoms with Crippen LogP contribution in [-0.4, -0.2) is 66.2 Å². The third-order valence-electron chi connectivity index (χ3n) is 4.17. The van der Waals surface area contributed by atoms with Crippen molar-refractivity contribution in [1.29, 1.82) is 0 Å². The normalized spacial score (nSPS) is 17.0. The number of ether oxygens (including phenoxy) is 1. The maximum atomic E-state index is 12.2. The minimum absolute atomic E-state index is 0.133. The van der Waals surface area contributed by atoms with Gasteiger partial charge in [0.25, 0.3) is 5.56 Å². The molecule has 0 bridgehead atoms. The van der Waals surface area contributed by atoms with Gasteiger partial charge in [-0.2, -0.15) is 0 Å². The zero-order valence-corrected chi connectivity index (χ0v) is 14.0. The van der Waals surface area contributed by atoms with Crippen molar-refractivity contribution in [3.05, 3.63) is 39.4 Å². The summed E-state index contributed by atoms with van der Waals surface area (Å²) >= 11 is 5.93. The lowest BCUT2D eigenvalue weighted by Gasteiger charge is -2.34. The van der Waals surface area contributed by atoms with Gasteiger partial charge in [-0.05, 0) is 18.2 Å². The molecule has 1 aromatic carbocycles. The van der Waals surface area contributed by atoms with Crippen molar-refractivity contribution in [3.63, 3.8) is 0 Å². The lowest BCUT2D eigenvalue weighted by molar-refractivity contribution is 0.0926. The Kier molecular flexibility index (Phi) is 5.27. The number of fused-ring (bicyclic) bond motifs is 1. The molecule has 0 saturated carbocycles. The number of hydrogen-bond donors (Lipinski definition) is 1. The number of nitrogens with one attached hydrogen (secondary N) is 1. The summed E-state index contributed by atoms with van der Waals surface area (Å²) in [5.41, 5.74) is 0.554. The Morgan fingerprint density at radius 1 is 1.26 bits per heavy atom. The molecule has 1 aromatic heterocycles. The Morgan fingerprint density at radius 2 is 2.00 bits per heavy atom. The second-order valence-corrected chi connectivity index (χ2v) is 6.22. The van der Waals surface area contributed by atoms with Crippen LogP contribution < -0.4 is 5.56 Å². The van der Waals surface area contributed by atoms with Crippen molar-refractivity contribution in [2.24, 2.45) is 0 Å². The van der Waals surface area contributed by atoms with E-state index in [9.17, 15) is 4.79 Å². The number of piperazine rings is 1. The molecule has 2 aromatic rings. The van der Waals surface area contributed by atoms with E-state index in [4.69, 9.17) is 16.3 Å². The fourth-order valence-electron chi connectivity index (χ4n) is 2.84. The van der Waals surface area contributed by atoms with E-state index in [-0.39, 0.29) is 5.56 Å². The van der Waals surface area contributed by atoms with Gasteiger partial charge in [-0.1, -0.05) is 11.6 Å². The van der Waals surface area contributed by atoms with Crippen LogP contribution >= 0.6 is 11.6 Å². The Morgan fingerprint density at radius 3 is 2.74 bits per heavy atom. The minimum Gasteiger partial charge on any atom is -0.383 e. The number of nitrogens with zero attached hydrogens (tertiary/aromatic N) is 3. The molecule has 0 unspecified atom stereocenters. The number of methoxy groups -OCH3 is 1. The third-order valence-corrected chi connectivity index (χ3v) is 4.40. The number of hydrogen-bond acceptors (Lipinski definition) is 5. The number of halogens is 1. The quantitative estimate of drug-likeness (QED) is 0.893. The van der Waals surface area contributed by atoms with Crippen LogP contribution in [0.2, 0.25) is 5.02 Å². The highest BCUT2D eigenvalue weighted by molar-refractivity contribution is 6.31. The smallest absolute Gasteiger partial charge is 0.258 e. The van der Waals surface area contributed by atoms with Crippen LogP contribution in [0.15, 0.2) is 23.0 Å². The molecule has 0 amide bonds. The Labute approximate surface area is 140 Å². The van der Waals surface area contributed by atoms with Gasteiger partial charge >= 0.3 is 0 Å². The van der Waals surface area contributed by atoms with Crippen LogP contribution in [0.5, 0.6) is 0 Å². The predicted octanol–water partition coefficient (Wildman–Crippen LogP) is 1.34. The van der Waals surface area contributed by atoms with E-state index in [1.54, 1.807) is 25.3 Å². The molecule has 0 aliphatic carbocycles. The molecule has 1 fully saturated rings. The molecule has 0 radical (unpaired) electrons. The summed E-state index contributed by atoms with van der Waals surface area (Å²) in [6.45, 7) is 6.34. The van der Waals surface area contributed by atoms with Crippen LogP contribution in [0.25, 0.3) is 10.9 Å². The lowest BCUT2D eigenvalue weighted by Crippen LogP contribution is -2.47. The summed E-state index contributed by atoms with van der Waals surface area (Å²) in [7, 11) is 1.73. The van der Waals surface area contributed by atoms with Crippen molar-refractivity contribution >= 4 is 22.5 Å². The van der Waals surface area contributed by atoms with E-state index in [1.165, 1.54) is 0 Å². The molecular weight excluding hydrogens is 316 g/mol. The van der Waals surface area contributed by atoms with E-state index < -0.39 is 0 Å². The summed E-state index contributed by atoms with van der Waals surface area (Å²) in [5, 5.41) is 1.08. The second-order valence-electron chi connectivity index (χ2n) is 5.78. The zero-order chi connectivity index (χ0) is 16.2. The molecule has 0 atom stereocenters. The van der Waals surface area contributed by atoms with E-state index in [1.807, 2.05) is 0 Å². The fraction of sp³-hybridized carbons (Fsp3) is 0.500. The first-order valence-corrected chi connectivity index (χ1v) is 8.15. The maximum absolute atomic E-state index is 12.2. The van der Waals surface area contributed by atoms with Gasteiger partial charge in [-0.3, -0.25) is 14.6 Å². The molecular formula is C16H21ClN4O2. The highest BCUT2D eigenvalue weighted by Gasteiger charge is 2.17. The van der Waals surface area contributed by atoms with Crippen molar-refractivity contribution in [2.45, 2.75) is 6.54 Å². The zero-order valence-electron chi connectivity index (χ0n) is 13.2. The molecule has 1 saturated heterocycles. The molecule has 124 valence electrons. The largest absolute Gasteiger partial charge is 0.383 e. The first kappa shape index (κ1) is 16.4. The third kappa shape index (κ3) is 4.09. The average molecular weight is 337 g/mol. The summed E-state index contributed by atoms with van der Waals surface area (Å²) in [5.74, 6) is 0.704. The first-order chi connectivity index (χ1) is 11.2. The predicted molar refractivity (Wildman–Crippen MR) is 91.0 cm³/mol. The van der Waals surface area contributed by atoms with Gasteiger partial charge in [-0.15, -0.1) is 0 Å². The van der Waals surface area contributed by atoms with Crippen molar-refractivity contribution in [2.75, 3.05) is 46.4 Å². The summed E-state index contributed by atoms with van der Waals surface area (Å²) in [4.78, 5) is 24.3. The van der Waals surface area contributed by atoms with Crippen LogP contribution in [0, 0.1) is 0 Å². The number of benzene rings is 1. The van der Waals surface area contributed by atoms with Crippen molar-refractivity contribution in [1.82, 2.24) is 19.8 Å². The SMILES string of the molecule is COCCN1CCN(Cc2nc3ccc(Cl)cc3c(=O)[nH]2)CC1. The lowest BCUT2D eigenvalue weighted by atomic mass is 10.2. The molecule has 23 heavy (non-hydrogen) atoms. The Bertz CT molecular complexity index is 726. The summed E-state index contributed by atoms with van der Waals surface area (Å²) in [6, 6.07) is 5.20. The highest BCUT2D eigenvalue weighted by atomic mass is 35.5. The maximum Gasteiger partial charge on any atom is 0.258 e. The Hall–Kier alpha value is -1.47. The van der Waals surface area contributed by atoms with Gasteiger partial charge in [-0.25, -0.2) is 4.98 Å². The van der Waals surface area contributed by atoms with Crippen molar-refractivity contribution < 1.29 is 4.74 Å². The highest BCUT2D eigenvalue weighted by Crippen LogP contribution is 2.15. The standard InChI is InChI=1S/C16H21ClN4O2/c1-23-9-8-20-4-6-21(7-5-20)11-15-18-14-3-2-12(17)10-13(14)16(22)19-15/h2-3,10H,4-9,11H2,1H3,(H,18,19,22). The van der Waals surface area contributed by atoms with Crippen LogP contribution in [0.4, 0.5) is 0 Å².